The van der Waals surface area contributed by atoms with Gasteiger partial charge in [0, 0.05) is 43.5 Å². The van der Waals surface area contributed by atoms with Gasteiger partial charge >= 0.3 is 6.18 Å². The van der Waals surface area contributed by atoms with E-state index in [2.05, 4.69) is 164 Å². The van der Waals surface area contributed by atoms with Gasteiger partial charge in [0.2, 0.25) is 0 Å². The molecule has 0 unspecified atom stereocenters. The van der Waals surface area contributed by atoms with Gasteiger partial charge in [-0.3, -0.25) is 0 Å². The third-order valence-electron chi connectivity index (χ3n) is 15.4. The first-order valence-corrected chi connectivity index (χ1v) is 23.5. The molecule has 0 aliphatic heterocycles. The standard InChI is InChI=1S/C63H41F3N4/c1-61(2)48-19-9-5-15-41(48)43-27-30-54-57(59(43)61)45-17-7-11-21-50(45)69(54)52-29-24-36(40-26-25-39(63(64,65)66)32-38(40)35-68)33-47(52)56-37(34-67)14-13-23-53(56)70-51-22-12-8-18-46(51)58-55(70)31-28-44-42-16-6-10-20-49(42)62(3,4)60(44)58/h5-33H,1-4H3. The van der Waals surface area contributed by atoms with Crippen LogP contribution in [-0.4, -0.2) is 9.13 Å². The number of nitrogens with zero attached hydrogens (tertiary/aromatic N) is 4. The number of benzene rings is 9. The lowest BCUT2D eigenvalue weighted by Crippen LogP contribution is -2.15. The van der Waals surface area contributed by atoms with Gasteiger partial charge in [0.25, 0.3) is 0 Å². The Bertz CT molecular complexity index is 4200. The minimum absolute atomic E-state index is 0.101. The molecule has 0 saturated heterocycles. The van der Waals surface area contributed by atoms with Crippen LogP contribution in [0.25, 0.3) is 99.5 Å². The number of hydrogen-bond donors (Lipinski definition) is 0. The topological polar surface area (TPSA) is 57.4 Å². The van der Waals surface area contributed by atoms with Crippen LogP contribution in [0.4, 0.5) is 13.2 Å². The van der Waals surface area contributed by atoms with Gasteiger partial charge < -0.3 is 9.13 Å². The average molecular weight is 911 g/mol. The summed E-state index contributed by atoms with van der Waals surface area (Å²) >= 11 is 0. The first kappa shape index (κ1) is 41.5. The van der Waals surface area contributed by atoms with Gasteiger partial charge in [0.15, 0.2) is 0 Å². The van der Waals surface area contributed by atoms with E-state index in [1.165, 1.54) is 50.6 Å². The van der Waals surface area contributed by atoms with Crippen LogP contribution < -0.4 is 0 Å². The summed E-state index contributed by atoms with van der Waals surface area (Å²) in [5, 5.41) is 26.2. The molecular formula is C63H41F3N4. The van der Waals surface area contributed by atoms with Crippen molar-refractivity contribution in [2.24, 2.45) is 0 Å². The normalized spacial score (nSPS) is 14.1. The highest BCUT2D eigenvalue weighted by Crippen LogP contribution is 2.56. The molecule has 2 heterocycles. The van der Waals surface area contributed by atoms with Crippen molar-refractivity contribution in [3.05, 3.63) is 215 Å². The molecule has 4 nitrogen and oxygen atoms in total. The molecule has 11 aromatic rings. The highest BCUT2D eigenvalue weighted by molar-refractivity contribution is 6.17. The maximum atomic E-state index is 14.1. The first-order valence-electron chi connectivity index (χ1n) is 23.5. The van der Waals surface area contributed by atoms with Crippen molar-refractivity contribution in [3.63, 3.8) is 0 Å². The second kappa shape index (κ2) is 14.4. The lowest BCUT2D eigenvalue weighted by atomic mass is 9.80. The highest BCUT2D eigenvalue weighted by Gasteiger charge is 2.40. The predicted octanol–water partition coefficient (Wildman–Crippen LogP) is 16.6. The summed E-state index contributed by atoms with van der Waals surface area (Å²) in [6.07, 6.45) is -4.63. The van der Waals surface area contributed by atoms with Gasteiger partial charge in [-0.1, -0.05) is 143 Å². The molecule has 0 N–H and O–H groups in total. The van der Waals surface area contributed by atoms with Crippen molar-refractivity contribution in [2.75, 3.05) is 0 Å². The molecule has 0 saturated carbocycles. The second-order valence-electron chi connectivity index (χ2n) is 19.7. The molecule has 334 valence electrons. The molecule has 0 spiro atoms. The maximum Gasteiger partial charge on any atom is 0.416 e. The third-order valence-corrected chi connectivity index (χ3v) is 15.4. The molecule has 0 bridgehead atoms. The summed E-state index contributed by atoms with van der Waals surface area (Å²) in [7, 11) is 0. The van der Waals surface area contributed by atoms with Crippen LogP contribution in [0.5, 0.6) is 0 Å². The van der Waals surface area contributed by atoms with E-state index < -0.39 is 11.7 Å². The molecule has 13 rings (SSSR count). The Hall–Kier alpha value is -8.65. The summed E-state index contributed by atoms with van der Waals surface area (Å²) in [6.45, 7) is 9.16. The minimum Gasteiger partial charge on any atom is -0.309 e. The van der Waals surface area contributed by atoms with E-state index in [1.807, 2.05) is 42.5 Å². The molecule has 0 atom stereocenters. The molecule has 2 aliphatic carbocycles. The van der Waals surface area contributed by atoms with E-state index in [4.69, 9.17) is 0 Å². The van der Waals surface area contributed by atoms with Crippen molar-refractivity contribution in [1.29, 1.82) is 10.5 Å². The Balaban J connectivity index is 1.15. The lowest BCUT2D eigenvalue weighted by molar-refractivity contribution is -0.137. The molecule has 70 heavy (non-hydrogen) atoms. The summed E-state index contributed by atoms with van der Waals surface area (Å²) < 4.78 is 46.9. The van der Waals surface area contributed by atoms with E-state index in [1.54, 1.807) is 0 Å². The van der Waals surface area contributed by atoms with E-state index >= 15 is 0 Å². The molecule has 0 amide bonds. The van der Waals surface area contributed by atoms with Gasteiger partial charge in [-0.05, 0) is 116 Å². The van der Waals surface area contributed by atoms with Gasteiger partial charge in [-0.15, -0.1) is 0 Å². The Morgan fingerprint density at radius 1 is 0.429 bits per heavy atom. The maximum absolute atomic E-state index is 14.1. The fourth-order valence-corrected chi connectivity index (χ4v) is 12.4. The molecular weight excluding hydrogens is 870 g/mol. The molecule has 0 radical (unpaired) electrons. The third kappa shape index (κ3) is 5.52. The van der Waals surface area contributed by atoms with Crippen molar-refractivity contribution in [3.8, 4) is 68.0 Å². The fourth-order valence-electron chi connectivity index (χ4n) is 12.4. The summed E-state index contributed by atoms with van der Waals surface area (Å²) in [5.41, 5.74) is 16.3. The largest absolute Gasteiger partial charge is 0.416 e. The van der Waals surface area contributed by atoms with Gasteiger partial charge in [-0.2, -0.15) is 23.7 Å². The zero-order valence-corrected chi connectivity index (χ0v) is 38.7. The van der Waals surface area contributed by atoms with E-state index in [0.717, 1.165) is 67.1 Å². The van der Waals surface area contributed by atoms with Crippen LogP contribution in [0.3, 0.4) is 0 Å². The first-order chi connectivity index (χ1) is 33.8. The van der Waals surface area contributed by atoms with Gasteiger partial charge in [0.05, 0.1) is 62.3 Å². The molecule has 7 heteroatoms. The fraction of sp³-hybridized carbons (Fsp3) is 0.111. The number of halogens is 3. The van der Waals surface area contributed by atoms with Gasteiger partial charge in [-0.25, -0.2) is 0 Å². The smallest absolute Gasteiger partial charge is 0.309 e. The number of alkyl halides is 3. The van der Waals surface area contributed by atoms with Crippen LogP contribution in [-0.2, 0) is 17.0 Å². The second-order valence-corrected chi connectivity index (χ2v) is 19.7. The van der Waals surface area contributed by atoms with Crippen LogP contribution >= 0.6 is 0 Å². The van der Waals surface area contributed by atoms with Crippen LogP contribution in [0.15, 0.2) is 176 Å². The average Bonchev–Trinajstić information content (AvgIpc) is 4.04. The predicted molar refractivity (Wildman–Crippen MR) is 276 cm³/mol. The van der Waals surface area contributed by atoms with Crippen molar-refractivity contribution >= 4 is 43.6 Å². The summed E-state index contributed by atoms with van der Waals surface area (Å²) in [4.78, 5) is 0. The van der Waals surface area contributed by atoms with Crippen LogP contribution in [0.2, 0.25) is 0 Å². The van der Waals surface area contributed by atoms with E-state index in [0.29, 0.717) is 27.8 Å². The number of nitriles is 2. The monoisotopic (exact) mass is 910 g/mol. The van der Waals surface area contributed by atoms with Crippen LogP contribution in [0.1, 0.15) is 66.6 Å². The minimum atomic E-state index is -4.63. The van der Waals surface area contributed by atoms with Crippen molar-refractivity contribution < 1.29 is 13.2 Å². The van der Waals surface area contributed by atoms with E-state index in [-0.39, 0.29) is 16.4 Å². The zero-order valence-electron chi connectivity index (χ0n) is 38.7. The number of fused-ring (bicyclic) bond motifs is 14. The molecule has 2 aliphatic rings. The summed E-state index contributed by atoms with van der Waals surface area (Å²) in [5.74, 6) is 0. The zero-order chi connectivity index (χ0) is 48.0. The quantitative estimate of drug-likeness (QED) is 0.177. The SMILES string of the molecule is CC1(C)c2ccccc2-c2ccc3c(c21)c1ccccc1n3-c1ccc(-c2ccc(C(F)(F)F)cc2C#N)cc1-c1c(C#N)cccc1-n1c2ccccc2c2c3c(ccc21)-c1ccccc1C3(C)C. The van der Waals surface area contributed by atoms with Crippen molar-refractivity contribution in [1.82, 2.24) is 9.13 Å². The Kier molecular flexibility index (Phi) is 8.56. The molecule has 9 aromatic carbocycles. The van der Waals surface area contributed by atoms with E-state index in [9.17, 15) is 23.7 Å². The van der Waals surface area contributed by atoms with Crippen molar-refractivity contribution in [2.45, 2.75) is 44.7 Å². The Labute approximate surface area is 402 Å². The summed E-state index contributed by atoms with van der Waals surface area (Å²) in [6, 6.07) is 62.5. The lowest BCUT2D eigenvalue weighted by Gasteiger charge is -2.23. The molecule has 0 fully saturated rings. The highest BCUT2D eigenvalue weighted by atomic mass is 19.4. The number of para-hydroxylation sites is 2. The molecule has 2 aromatic heterocycles. The van der Waals surface area contributed by atoms with Crippen LogP contribution in [0, 0.1) is 22.7 Å². The number of aromatic nitrogens is 2. The van der Waals surface area contributed by atoms with Gasteiger partial charge in [0.1, 0.15) is 0 Å². The Morgan fingerprint density at radius 2 is 0.943 bits per heavy atom. The number of rotatable bonds is 4. The Morgan fingerprint density at radius 3 is 1.50 bits per heavy atom. The number of hydrogen-bond acceptors (Lipinski definition) is 2.